The minimum absolute atomic E-state index is 0.157. The Labute approximate surface area is 119 Å². The van der Waals surface area contributed by atoms with Gasteiger partial charge in [-0.15, -0.1) is 0 Å². The Morgan fingerprint density at radius 1 is 0.778 bits per heavy atom. The van der Waals surface area contributed by atoms with Gasteiger partial charge in [-0.1, -0.05) is 0 Å². The molecule has 0 saturated carbocycles. The quantitative estimate of drug-likeness (QED) is 0.574. The van der Waals surface area contributed by atoms with Crippen molar-refractivity contribution in [1.29, 1.82) is 0 Å². The van der Waals surface area contributed by atoms with Crippen molar-refractivity contribution in [2.45, 2.75) is 76.6 Å². The summed E-state index contributed by atoms with van der Waals surface area (Å²) in [7, 11) is 0. The van der Waals surface area contributed by atoms with Crippen molar-refractivity contribution < 1.29 is 9.90 Å². The zero-order chi connectivity index (χ0) is 14.4. The van der Waals surface area contributed by atoms with Crippen LogP contribution >= 0.6 is 0 Å². The molecule has 18 heavy (non-hydrogen) atoms. The molecule has 0 atom stereocenters. The third-order valence-electron chi connectivity index (χ3n) is 5.70. The summed E-state index contributed by atoms with van der Waals surface area (Å²) in [4.78, 5) is 12.0. The average Bonchev–Trinajstić information content (AvgIpc) is 2.40. The van der Waals surface area contributed by atoms with Crippen molar-refractivity contribution in [3.05, 3.63) is 0 Å². The van der Waals surface area contributed by atoms with Gasteiger partial charge in [-0.25, -0.2) is 0 Å². The van der Waals surface area contributed by atoms with E-state index in [1.54, 1.807) is 0 Å². The van der Waals surface area contributed by atoms with Gasteiger partial charge in [0.05, 0.1) is 0 Å². The Kier molecular flexibility index (Phi) is 8.23. The van der Waals surface area contributed by atoms with E-state index >= 15 is 0 Å². The molecule has 0 amide bonds. The molecule has 0 aliphatic carbocycles. The van der Waals surface area contributed by atoms with Crippen molar-refractivity contribution in [2.24, 2.45) is 0 Å². The molecule has 0 radical (unpaired) electrons. The third kappa shape index (κ3) is 3.35. The maximum atomic E-state index is 12.0. The first-order valence-electron chi connectivity index (χ1n) is 7.66. The van der Waals surface area contributed by atoms with E-state index in [4.69, 9.17) is 0 Å². The molecular weight excluding hydrogens is 345 g/mol. The number of aliphatic carboxylic acids is 1. The number of rotatable bonds is 9. The summed E-state index contributed by atoms with van der Waals surface area (Å²) in [5.41, 5.74) is 0. The van der Waals surface area contributed by atoms with Crippen molar-refractivity contribution in [2.75, 3.05) is 0 Å². The van der Waals surface area contributed by atoms with Gasteiger partial charge in [0.25, 0.3) is 0 Å². The molecule has 0 bridgehead atoms. The second-order valence-corrected chi connectivity index (χ2v) is 30.9. The minimum atomic E-state index is -2.21. The maximum absolute atomic E-state index is 12.0. The molecule has 0 saturated heterocycles. The summed E-state index contributed by atoms with van der Waals surface area (Å²) in [5.74, 6) is -0.425. The summed E-state index contributed by atoms with van der Waals surface area (Å²) in [6.45, 7) is 13.6. The Hall–Kier alpha value is 0.556. The van der Waals surface area contributed by atoms with E-state index in [0.717, 1.165) is 0 Å². The normalized spacial score (nSPS) is 13.1. The molecule has 0 heterocycles. The van der Waals surface area contributed by atoms with Crippen LogP contribution in [0.5, 0.6) is 0 Å². The molecule has 0 rings (SSSR count). The van der Waals surface area contributed by atoms with Crippen LogP contribution in [0.2, 0.25) is 35.1 Å². The van der Waals surface area contributed by atoms with Crippen LogP contribution in [0.1, 0.15) is 41.5 Å². The first kappa shape index (κ1) is 18.6. The molecule has 2 nitrogen and oxygen atoms in total. The monoisotopic (exact) mass is 380 g/mol. The van der Waals surface area contributed by atoms with Crippen LogP contribution in [-0.4, -0.2) is 37.6 Å². The molecule has 0 spiro atoms. The molecule has 108 valence electrons. The van der Waals surface area contributed by atoms with Gasteiger partial charge < -0.3 is 0 Å². The fourth-order valence-corrected chi connectivity index (χ4v) is 47.8. The van der Waals surface area contributed by atoms with Crippen LogP contribution in [-0.2, 0) is 4.79 Å². The van der Waals surface area contributed by atoms with Crippen molar-refractivity contribution in [3.63, 3.8) is 0 Å². The Morgan fingerprint density at radius 3 is 1.11 bits per heavy atom. The van der Waals surface area contributed by atoms with E-state index in [1.807, 2.05) is 0 Å². The summed E-state index contributed by atoms with van der Waals surface area (Å²) in [6.07, 6.45) is 0. The predicted octanol–water partition coefficient (Wildman–Crippen LogP) is 5.00. The van der Waals surface area contributed by atoms with Crippen LogP contribution in [0.25, 0.3) is 0 Å². The molecule has 0 fully saturated rings. The topological polar surface area (TPSA) is 37.3 Å². The van der Waals surface area contributed by atoms with Crippen LogP contribution in [0.4, 0.5) is 0 Å². The summed E-state index contributed by atoms with van der Waals surface area (Å²) >= 11 is -4.41. The van der Waals surface area contributed by atoms with Gasteiger partial charge in [0.1, 0.15) is 0 Å². The first-order chi connectivity index (χ1) is 8.43. The van der Waals surface area contributed by atoms with Crippen LogP contribution < -0.4 is 0 Å². The van der Waals surface area contributed by atoms with Crippen molar-refractivity contribution in [1.82, 2.24) is 0 Å². The Bertz CT molecular complexity index is 222. The number of carbonyl (C=O) groups is 1. The van der Waals surface area contributed by atoms with Crippen LogP contribution in [0.3, 0.4) is 0 Å². The first-order valence-corrected chi connectivity index (χ1v) is 19.0. The summed E-state index contributed by atoms with van der Waals surface area (Å²) in [6, 6.07) is 0. The van der Waals surface area contributed by atoms with Crippen LogP contribution in [0.15, 0.2) is 0 Å². The molecule has 0 aromatic rings. The molecule has 0 aliphatic rings. The fourth-order valence-electron chi connectivity index (χ4n) is 3.90. The van der Waals surface area contributed by atoms with E-state index in [9.17, 15) is 9.90 Å². The number of hydrogen-bond acceptors (Lipinski definition) is 1. The van der Waals surface area contributed by atoms with E-state index in [2.05, 4.69) is 41.5 Å². The second-order valence-electron chi connectivity index (χ2n) is 5.62. The standard InChI is InChI=1S/C14H32Ge2O2/c1-7-15(8-2,9-3)13(14(17)18)16(10-4,11-5)12-6/h13H,7-12H2,1-6H3,(H,17,18). The zero-order valence-electron chi connectivity index (χ0n) is 13.2. The van der Waals surface area contributed by atoms with Gasteiger partial charge in [0.15, 0.2) is 0 Å². The van der Waals surface area contributed by atoms with E-state index in [-0.39, 0.29) is 3.58 Å². The molecule has 0 aromatic heterocycles. The third-order valence-corrected chi connectivity index (χ3v) is 43.0. The average molecular weight is 378 g/mol. The van der Waals surface area contributed by atoms with Crippen molar-refractivity contribution >= 4 is 32.5 Å². The van der Waals surface area contributed by atoms with Gasteiger partial charge in [-0.3, -0.25) is 0 Å². The summed E-state index contributed by atoms with van der Waals surface area (Å²) < 4.78 is 0.157. The second kappa shape index (κ2) is 7.98. The van der Waals surface area contributed by atoms with Crippen molar-refractivity contribution in [3.8, 4) is 0 Å². The molecule has 0 aromatic carbocycles. The Balaban J connectivity index is 5.73. The number of carboxylic acid groups (broad SMARTS) is 1. The number of carboxylic acids is 1. The van der Waals surface area contributed by atoms with Gasteiger partial charge in [-0.2, -0.15) is 0 Å². The fraction of sp³-hybridized carbons (Fsp3) is 0.929. The predicted molar refractivity (Wildman–Crippen MR) is 85.8 cm³/mol. The van der Waals surface area contributed by atoms with Gasteiger partial charge >= 0.3 is 119 Å². The SMILES string of the molecule is C[CH2][Ge]([CH2]C)([CH2]C)[CH](C(=O)O)[Ge]([CH2]C)([CH2]C)[CH2]C. The summed E-state index contributed by atoms with van der Waals surface area (Å²) in [5, 5.41) is 17.1. The molecule has 1 N–H and O–H groups in total. The zero-order valence-corrected chi connectivity index (χ0v) is 17.4. The van der Waals surface area contributed by atoms with Crippen LogP contribution in [0, 0.1) is 0 Å². The number of hydrogen-bond donors (Lipinski definition) is 1. The Morgan fingerprint density at radius 2 is 1.00 bits per heavy atom. The van der Waals surface area contributed by atoms with Gasteiger partial charge in [0, 0.05) is 0 Å². The molecule has 0 unspecified atom stereocenters. The van der Waals surface area contributed by atoms with E-state index in [1.165, 1.54) is 31.5 Å². The van der Waals surface area contributed by atoms with Gasteiger partial charge in [0.2, 0.25) is 0 Å². The molecular formula is C14H32Ge2O2. The van der Waals surface area contributed by atoms with E-state index < -0.39 is 32.5 Å². The molecule has 4 heteroatoms. The van der Waals surface area contributed by atoms with E-state index in [0.29, 0.717) is 0 Å². The van der Waals surface area contributed by atoms with Gasteiger partial charge in [-0.05, 0) is 0 Å². The molecule has 0 aliphatic heterocycles.